The lowest BCUT2D eigenvalue weighted by molar-refractivity contribution is -0.137. The van der Waals surface area contributed by atoms with Gasteiger partial charge in [0.15, 0.2) is 0 Å². The molecule has 0 heterocycles. The Labute approximate surface area is 133 Å². The third-order valence-corrected chi connectivity index (χ3v) is 3.28. The van der Waals surface area contributed by atoms with Crippen LogP contribution in [0.25, 0.3) is 0 Å². The van der Waals surface area contributed by atoms with Gasteiger partial charge in [-0.3, -0.25) is 0 Å². The molecule has 0 bridgehead atoms. The fourth-order valence-electron chi connectivity index (χ4n) is 1.68. The molecule has 3 nitrogen and oxygen atoms in total. The van der Waals surface area contributed by atoms with Crippen molar-refractivity contribution < 1.29 is 18.0 Å². The standard InChI is InChI=1S/C14H7Cl2F3N2O/c15-11-5-10(20-7-22)6-12(16)13(11)21-9-3-1-8(2-4-9)14(17,18)19/h1-6,21H. The first kappa shape index (κ1) is 16.4. The molecule has 114 valence electrons. The minimum atomic E-state index is -4.40. The highest BCUT2D eigenvalue weighted by Gasteiger charge is 2.29. The summed E-state index contributed by atoms with van der Waals surface area (Å²) < 4.78 is 37.5. The lowest BCUT2D eigenvalue weighted by Crippen LogP contribution is -2.04. The quantitative estimate of drug-likeness (QED) is 0.570. The monoisotopic (exact) mass is 346 g/mol. The van der Waals surface area contributed by atoms with Gasteiger partial charge in [0.2, 0.25) is 6.08 Å². The Morgan fingerprint density at radius 3 is 2.05 bits per heavy atom. The normalized spacial score (nSPS) is 11.0. The van der Waals surface area contributed by atoms with Gasteiger partial charge in [-0.15, -0.1) is 0 Å². The van der Waals surface area contributed by atoms with Crippen molar-refractivity contribution in [2.75, 3.05) is 5.32 Å². The Balaban J connectivity index is 2.29. The van der Waals surface area contributed by atoms with Crippen molar-refractivity contribution in [3.05, 3.63) is 52.0 Å². The van der Waals surface area contributed by atoms with Crippen molar-refractivity contribution in [2.24, 2.45) is 4.99 Å². The van der Waals surface area contributed by atoms with Crippen molar-refractivity contribution in [1.29, 1.82) is 0 Å². The van der Waals surface area contributed by atoms with E-state index in [1.54, 1.807) is 0 Å². The topological polar surface area (TPSA) is 41.5 Å². The molecular weight excluding hydrogens is 340 g/mol. The first-order chi connectivity index (χ1) is 10.3. The molecule has 0 saturated carbocycles. The summed E-state index contributed by atoms with van der Waals surface area (Å²) in [5.74, 6) is 0. The van der Waals surface area contributed by atoms with Crippen LogP contribution < -0.4 is 5.32 Å². The van der Waals surface area contributed by atoms with E-state index >= 15 is 0 Å². The molecule has 22 heavy (non-hydrogen) atoms. The van der Waals surface area contributed by atoms with Crippen molar-refractivity contribution >= 4 is 46.3 Å². The van der Waals surface area contributed by atoms with E-state index in [4.69, 9.17) is 23.2 Å². The Kier molecular flexibility index (Phi) is 4.76. The zero-order valence-electron chi connectivity index (χ0n) is 10.7. The number of rotatable bonds is 3. The molecule has 8 heteroatoms. The lowest BCUT2D eigenvalue weighted by atomic mass is 10.2. The van der Waals surface area contributed by atoms with Crippen LogP contribution in [0.15, 0.2) is 41.4 Å². The summed E-state index contributed by atoms with van der Waals surface area (Å²) in [5, 5.41) is 3.15. The third-order valence-electron chi connectivity index (χ3n) is 2.68. The fraction of sp³-hybridized carbons (Fsp3) is 0.0714. The first-order valence-electron chi connectivity index (χ1n) is 5.82. The molecule has 2 rings (SSSR count). The van der Waals surface area contributed by atoms with E-state index in [1.165, 1.54) is 30.3 Å². The molecular formula is C14H7Cl2F3N2O. The summed E-state index contributed by atoms with van der Waals surface area (Å²) in [7, 11) is 0. The van der Waals surface area contributed by atoms with Crippen LogP contribution in [-0.4, -0.2) is 6.08 Å². The number of anilines is 2. The molecule has 0 aliphatic rings. The molecule has 2 aromatic carbocycles. The van der Waals surface area contributed by atoms with Gasteiger partial charge in [0.05, 0.1) is 27.0 Å². The number of benzene rings is 2. The van der Waals surface area contributed by atoms with E-state index in [2.05, 4.69) is 10.3 Å². The zero-order valence-corrected chi connectivity index (χ0v) is 12.2. The second-order valence-electron chi connectivity index (χ2n) is 4.19. The molecule has 0 atom stereocenters. The average Bonchev–Trinajstić information content (AvgIpc) is 2.43. The van der Waals surface area contributed by atoms with E-state index in [9.17, 15) is 18.0 Å². The number of nitrogens with one attached hydrogen (secondary N) is 1. The van der Waals surface area contributed by atoms with Crippen LogP contribution in [0.2, 0.25) is 10.0 Å². The highest BCUT2D eigenvalue weighted by atomic mass is 35.5. The molecule has 0 saturated heterocycles. The number of carbonyl (C=O) groups excluding carboxylic acids is 1. The van der Waals surface area contributed by atoms with E-state index in [0.717, 1.165) is 12.1 Å². The predicted octanol–water partition coefficient (Wildman–Crippen LogP) is 5.72. The Hall–Kier alpha value is -2.01. The van der Waals surface area contributed by atoms with Gasteiger partial charge in [0.25, 0.3) is 0 Å². The predicted molar refractivity (Wildman–Crippen MR) is 79.0 cm³/mol. The Bertz CT molecular complexity index is 716. The van der Waals surface area contributed by atoms with Crippen LogP contribution in [0.3, 0.4) is 0 Å². The molecule has 0 aliphatic carbocycles. The summed E-state index contributed by atoms with van der Waals surface area (Å²) in [6.45, 7) is 0. The van der Waals surface area contributed by atoms with Gasteiger partial charge in [0.1, 0.15) is 0 Å². The van der Waals surface area contributed by atoms with Crippen LogP contribution in [0, 0.1) is 0 Å². The first-order valence-corrected chi connectivity index (χ1v) is 6.58. The number of halogens is 5. The van der Waals surface area contributed by atoms with Crippen LogP contribution in [-0.2, 0) is 11.0 Å². The lowest BCUT2D eigenvalue weighted by Gasteiger charge is -2.12. The third kappa shape index (κ3) is 3.80. The molecule has 0 unspecified atom stereocenters. The average molecular weight is 347 g/mol. The summed E-state index contributed by atoms with van der Waals surface area (Å²) >= 11 is 12.0. The van der Waals surface area contributed by atoms with E-state index in [1.807, 2.05) is 0 Å². The van der Waals surface area contributed by atoms with Gasteiger partial charge in [-0.05, 0) is 36.4 Å². The summed E-state index contributed by atoms with van der Waals surface area (Å²) in [6.07, 6.45) is -3.04. The summed E-state index contributed by atoms with van der Waals surface area (Å²) in [5.41, 5.74) is 0.144. The Morgan fingerprint density at radius 1 is 1.05 bits per heavy atom. The number of aliphatic imine (C=N–C) groups is 1. The van der Waals surface area contributed by atoms with E-state index in [-0.39, 0.29) is 15.7 Å². The molecule has 0 fully saturated rings. The maximum absolute atomic E-state index is 12.5. The number of isocyanates is 1. The largest absolute Gasteiger partial charge is 0.416 e. The number of hydrogen-bond acceptors (Lipinski definition) is 3. The molecule has 0 radical (unpaired) electrons. The summed E-state index contributed by atoms with van der Waals surface area (Å²) in [6, 6.07) is 7.15. The van der Waals surface area contributed by atoms with Gasteiger partial charge in [-0.25, -0.2) is 4.79 Å². The molecule has 1 N–H and O–H groups in total. The molecule has 2 aromatic rings. The summed E-state index contributed by atoms with van der Waals surface area (Å²) in [4.78, 5) is 13.6. The smallest absolute Gasteiger partial charge is 0.353 e. The van der Waals surface area contributed by atoms with Gasteiger partial charge in [-0.2, -0.15) is 18.2 Å². The van der Waals surface area contributed by atoms with Crippen LogP contribution in [0.5, 0.6) is 0 Å². The van der Waals surface area contributed by atoms with Crippen molar-refractivity contribution in [1.82, 2.24) is 0 Å². The van der Waals surface area contributed by atoms with Gasteiger partial charge < -0.3 is 5.32 Å². The molecule has 0 spiro atoms. The highest BCUT2D eigenvalue weighted by molar-refractivity contribution is 6.39. The second-order valence-corrected chi connectivity index (χ2v) is 5.00. The van der Waals surface area contributed by atoms with Crippen LogP contribution in [0.1, 0.15) is 5.56 Å². The Morgan fingerprint density at radius 2 is 1.59 bits per heavy atom. The number of alkyl halides is 3. The van der Waals surface area contributed by atoms with Gasteiger partial charge >= 0.3 is 6.18 Å². The second kappa shape index (κ2) is 6.40. The minimum Gasteiger partial charge on any atom is -0.353 e. The van der Waals surface area contributed by atoms with Gasteiger partial charge in [-0.1, -0.05) is 23.2 Å². The molecule has 0 amide bonds. The van der Waals surface area contributed by atoms with Crippen molar-refractivity contribution in [3.63, 3.8) is 0 Å². The number of hydrogen-bond donors (Lipinski definition) is 1. The number of nitrogens with zero attached hydrogens (tertiary/aromatic N) is 1. The van der Waals surface area contributed by atoms with E-state index < -0.39 is 11.7 Å². The maximum Gasteiger partial charge on any atom is 0.416 e. The van der Waals surface area contributed by atoms with Crippen LogP contribution in [0.4, 0.5) is 30.2 Å². The van der Waals surface area contributed by atoms with Crippen molar-refractivity contribution in [2.45, 2.75) is 6.18 Å². The fourth-order valence-corrected chi connectivity index (χ4v) is 2.25. The van der Waals surface area contributed by atoms with Crippen LogP contribution >= 0.6 is 23.2 Å². The van der Waals surface area contributed by atoms with Crippen molar-refractivity contribution in [3.8, 4) is 0 Å². The van der Waals surface area contributed by atoms with Gasteiger partial charge in [0, 0.05) is 5.69 Å². The zero-order chi connectivity index (χ0) is 16.3. The highest BCUT2D eigenvalue weighted by Crippen LogP contribution is 2.37. The molecule has 0 aliphatic heterocycles. The minimum absolute atomic E-state index is 0.168. The molecule has 0 aromatic heterocycles. The maximum atomic E-state index is 12.5. The SMILES string of the molecule is O=C=Nc1cc(Cl)c(Nc2ccc(C(F)(F)F)cc2)c(Cl)c1. The van der Waals surface area contributed by atoms with E-state index in [0.29, 0.717) is 11.4 Å².